The van der Waals surface area contributed by atoms with Crippen molar-refractivity contribution in [3.05, 3.63) is 30.2 Å². The van der Waals surface area contributed by atoms with E-state index in [0.717, 1.165) is 0 Å². The highest BCUT2D eigenvalue weighted by Gasteiger charge is 2.11. The second-order valence-corrected chi connectivity index (χ2v) is 3.68. The van der Waals surface area contributed by atoms with E-state index in [4.69, 9.17) is 0 Å². The van der Waals surface area contributed by atoms with E-state index < -0.39 is 0 Å². The standard InChI is InChI=1S/C11H12N2/c1-2-6-13-10(3-1)7-9-4-5-12-8-11(9)13/h4-5,7-8H,1-3,6H2. The molecule has 2 heteroatoms. The molecule has 0 atom stereocenters. The molecule has 2 aromatic heterocycles. The summed E-state index contributed by atoms with van der Waals surface area (Å²) in [6.07, 6.45) is 7.72. The second-order valence-electron chi connectivity index (χ2n) is 3.68. The molecule has 0 saturated heterocycles. The van der Waals surface area contributed by atoms with Gasteiger partial charge in [0.25, 0.3) is 0 Å². The van der Waals surface area contributed by atoms with Gasteiger partial charge in [-0.1, -0.05) is 0 Å². The third-order valence-electron chi connectivity index (χ3n) is 2.86. The van der Waals surface area contributed by atoms with E-state index in [1.54, 1.807) is 0 Å². The molecule has 2 aromatic rings. The molecule has 0 aliphatic carbocycles. The van der Waals surface area contributed by atoms with Crippen molar-refractivity contribution in [1.82, 2.24) is 9.55 Å². The SMILES string of the molecule is c1cc2cc3n(c2cn1)CCCC3. The third-order valence-corrected chi connectivity index (χ3v) is 2.86. The predicted octanol–water partition coefficient (Wildman–Crippen LogP) is 2.37. The Labute approximate surface area is 77.2 Å². The first kappa shape index (κ1) is 7.13. The van der Waals surface area contributed by atoms with E-state index >= 15 is 0 Å². The van der Waals surface area contributed by atoms with Crippen LogP contribution in [0.5, 0.6) is 0 Å². The zero-order valence-electron chi connectivity index (χ0n) is 7.53. The fourth-order valence-corrected chi connectivity index (χ4v) is 2.20. The highest BCUT2D eigenvalue weighted by Crippen LogP contribution is 2.24. The van der Waals surface area contributed by atoms with Crippen LogP contribution >= 0.6 is 0 Å². The summed E-state index contributed by atoms with van der Waals surface area (Å²) >= 11 is 0. The van der Waals surface area contributed by atoms with Crippen LogP contribution in [-0.2, 0) is 13.0 Å². The highest BCUT2D eigenvalue weighted by atomic mass is 15.0. The molecule has 0 amide bonds. The normalized spacial score (nSPS) is 16.0. The Morgan fingerprint density at radius 1 is 1.31 bits per heavy atom. The molecule has 1 aliphatic rings. The Hall–Kier alpha value is -1.31. The number of nitrogens with zero attached hydrogens (tertiary/aromatic N) is 2. The summed E-state index contributed by atoms with van der Waals surface area (Å²) < 4.78 is 2.41. The van der Waals surface area contributed by atoms with Crippen LogP contribution in [0.4, 0.5) is 0 Å². The lowest BCUT2D eigenvalue weighted by Crippen LogP contribution is -2.08. The van der Waals surface area contributed by atoms with Gasteiger partial charge >= 0.3 is 0 Å². The van der Waals surface area contributed by atoms with Crippen LogP contribution in [0, 0.1) is 0 Å². The van der Waals surface area contributed by atoms with Crippen LogP contribution in [0.15, 0.2) is 24.5 Å². The molecule has 0 unspecified atom stereocenters. The quantitative estimate of drug-likeness (QED) is 0.596. The van der Waals surface area contributed by atoms with Gasteiger partial charge in [-0.2, -0.15) is 0 Å². The number of pyridine rings is 1. The zero-order chi connectivity index (χ0) is 8.67. The summed E-state index contributed by atoms with van der Waals surface area (Å²) in [6.45, 7) is 1.17. The largest absolute Gasteiger partial charge is 0.343 e. The Balaban J connectivity index is 2.34. The fraction of sp³-hybridized carbons (Fsp3) is 0.364. The predicted molar refractivity (Wildman–Crippen MR) is 52.7 cm³/mol. The van der Waals surface area contributed by atoms with Crippen LogP contribution in [0.3, 0.4) is 0 Å². The van der Waals surface area contributed by atoms with Gasteiger partial charge in [-0.25, -0.2) is 0 Å². The van der Waals surface area contributed by atoms with Crippen molar-refractivity contribution in [2.75, 3.05) is 0 Å². The molecule has 66 valence electrons. The number of rotatable bonds is 0. The van der Waals surface area contributed by atoms with Crippen LogP contribution in [0.1, 0.15) is 18.5 Å². The molecule has 0 bridgehead atoms. The van der Waals surface area contributed by atoms with Crippen LogP contribution in [0.2, 0.25) is 0 Å². The first-order valence-electron chi connectivity index (χ1n) is 4.87. The number of hydrogen-bond acceptors (Lipinski definition) is 1. The Bertz CT molecular complexity index is 442. The smallest absolute Gasteiger partial charge is 0.0668 e. The molecule has 1 aliphatic heterocycles. The molecule has 13 heavy (non-hydrogen) atoms. The fourth-order valence-electron chi connectivity index (χ4n) is 2.20. The maximum absolute atomic E-state index is 4.17. The Kier molecular flexibility index (Phi) is 1.42. The number of aromatic nitrogens is 2. The van der Waals surface area contributed by atoms with Gasteiger partial charge in [0.1, 0.15) is 0 Å². The van der Waals surface area contributed by atoms with Crippen molar-refractivity contribution in [1.29, 1.82) is 0 Å². The summed E-state index contributed by atoms with van der Waals surface area (Å²) in [7, 11) is 0. The van der Waals surface area contributed by atoms with Crippen molar-refractivity contribution >= 4 is 10.9 Å². The first-order chi connectivity index (χ1) is 6.45. The maximum atomic E-state index is 4.17. The molecule has 0 N–H and O–H groups in total. The van der Waals surface area contributed by atoms with Gasteiger partial charge in [0.2, 0.25) is 0 Å². The maximum Gasteiger partial charge on any atom is 0.0668 e. The van der Waals surface area contributed by atoms with E-state index in [2.05, 4.69) is 21.7 Å². The minimum absolute atomic E-state index is 1.17. The zero-order valence-corrected chi connectivity index (χ0v) is 7.53. The van der Waals surface area contributed by atoms with Crippen molar-refractivity contribution < 1.29 is 0 Å². The molecule has 3 heterocycles. The lowest BCUT2D eigenvalue weighted by atomic mass is 10.1. The van der Waals surface area contributed by atoms with E-state index in [9.17, 15) is 0 Å². The minimum Gasteiger partial charge on any atom is -0.343 e. The topological polar surface area (TPSA) is 17.8 Å². The summed E-state index contributed by atoms with van der Waals surface area (Å²) in [5.41, 5.74) is 2.78. The van der Waals surface area contributed by atoms with Gasteiger partial charge in [0.15, 0.2) is 0 Å². The van der Waals surface area contributed by atoms with Gasteiger partial charge in [0, 0.05) is 23.8 Å². The van der Waals surface area contributed by atoms with E-state index in [-0.39, 0.29) is 0 Å². The molecule has 3 rings (SSSR count). The first-order valence-corrected chi connectivity index (χ1v) is 4.87. The average Bonchev–Trinajstić information content (AvgIpc) is 2.56. The monoisotopic (exact) mass is 172 g/mol. The number of fused-ring (bicyclic) bond motifs is 3. The summed E-state index contributed by atoms with van der Waals surface area (Å²) in [5.74, 6) is 0. The van der Waals surface area contributed by atoms with Crippen LogP contribution in [-0.4, -0.2) is 9.55 Å². The summed E-state index contributed by atoms with van der Waals surface area (Å²) in [4.78, 5) is 4.17. The molecule has 0 aromatic carbocycles. The van der Waals surface area contributed by atoms with Crippen molar-refractivity contribution in [2.45, 2.75) is 25.8 Å². The van der Waals surface area contributed by atoms with Gasteiger partial charge in [-0.05, 0) is 31.4 Å². The molecule has 2 nitrogen and oxygen atoms in total. The van der Waals surface area contributed by atoms with Gasteiger partial charge in [0.05, 0.1) is 11.7 Å². The molecular formula is C11H12N2. The molecule has 0 saturated carbocycles. The third kappa shape index (κ3) is 0.981. The molecular weight excluding hydrogens is 160 g/mol. The van der Waals surface area contributed by atoms with E-state index in [1.165, 1.54) is 42.4 Å². The molecule has 0 spiro atoms. The van der Waals surface area contributed by atoms with Crippen molar-refractivity contribution in [2.24, 2.45) is 0 Å². The number of hydrogen-bond donors (Lipinski definition) is 0. The summed E-state index contributed by atoms with van der Waals surface area (Å²) in [5, 5.41) is 1.34. The Morgan fingerprint density at radius 3 is 3.31 bits per heavy atom. The molecule has 0 fully saturated rings. The van der Waals surface area contributed by atoms with Gasteiger partial charge in [-0.15, -0.1) is 0 Å². The summed E-state index contributed by atoms with van der Waals surface area (Å²) in [6, 6.07) is 4.40. The minimum atomic E-state index is 1.17. The van der Waals surface area contributed by atoms with Gasteiger partial charge in [-0.3, -0.25) is 4.98 Å². The molecule has 0 radical (unpaired) electrons. The lowest BCUT2D eigenvalue weighted by molar-refractivity contribution is 0.545. The van der Waals surface area contributed by atoms with Crippen molar-refractivity contribution in [3.8, 4) is 0 Å². The Morgan fingerprint density at radius 2 is 2.31 bits per heavy atom. The lowest BCUT2D eigenvalue weighted by Gasteiger charge is -2.15. The van der Waals surface area contributed by atoms with Crippen LogP contribution < -0.4 is 0 Å². The van der Waals surface area contributed by atoms with Gasteiger partial charge < -0.3 is 4.57 Å². The van der Waals surface area contributed by atoms with E-state index in [0.29, 0.717) is 0 Å². The number of aryl methyl sites for hydroxylation is 2. The van der Waals surface area contributed by atoms with E-state index in [1.807, 2.05) is 12.4 Å². The second kappa shape index (κ2) is 2.59. The average molecular weight is 172 g/mol. The highest BCUT2D eigenvalue weighted by molar-refractivity contribution is 5.80. The van der Waals surface area contributed by atoms with Crippen LogP contribution in [0.25, 0.3) is 10.9 Å². The van der Waals surface area contributed by atoms with Crippen molar-refractivity contribution in [3.63, 3.8) is 0 Å².